The molecule has 2 N–H and O–H groups in total. The predicted molar refractivity (Wildman–Crippen MR) is 112 cm³/mol. The summed E-state index contributed by atoms with van der Waals surface area (Å²) in [5.74, 6) is 2.10. The van der Waals surface area contributed by atoms with E-state index in [4.69, 9.17) is 9.47 Å². The second-order valence-corrected chi connectivity index (χ2v) is 6.97. The van der Waals surface area contributed by atoms with Gasteiger partial charge in [-0.25, -0.2) is 4.99 Å². The molecule has 0 unspecified atom stereocenters. The maximum Gasteiger partial charge on any atom is 0.241 e. The van der Waals surface area contributed by atoms with Crippen molar-refractivity contribution in [1.82, 2.24) is 15.5 Å². The Kier molecular flexibility index (Phi) is 8.65. The van der Waals surface area contributed by atoms with Gasteiger partial charge in [0.05, 0.1) is 26.3 Å². The average Bonchev–Trinajstić information content (AvgIpc) is 3.20. The molecule has 154 valence electrons. The predicted octanol–water partition coefficient (Wildman–Crippen LogP) is 2.33. The third-order valence-corrected chi connectivity index (χ3v) is 4.60. The normalized spacial score (nSPS) is 14.5. The van der Waals surface area contributed by atoms with Gasteiger partial charge in [0.1, 0.15) is 11.5 Å². The van der Waals surface area contributed by atoms with Gasteiger partial charge >= 0.3 is 0 Å². The van der Waals surface area contributed by atoms with Crippen molar-refractivity contribution in [3.8, 4) is 11.5 Å². The maximum atomic E-state index is 11.8. The Labute approximate surface area is 167 Å². The molecule has 0 aliphatic heterocycles. The molecular formula is C21H32N4O3. The molecule has 0 heterocycles. The van der Waals surface area contributed by atoms with Gasteiger partial charge in [0.2, 0.25) is 5.91 Å². The number of carbonyl (C=O) groups is 1. The van der Waals surface area contributed by atoms with Crippen LogP contribution in [0.2, 0.25) is 0 Å². The van der Waals surface area contributed by atoms with Gasteiger partial charge in [0.25, 0.3) is 0 Å². The largest absolute Gasteiger partial charge is 0.497 e. The highest BCUT2D eigenvalue weighted by atomic mass is 16.5. The van der Waals surface area contributed by atoms with E-state index in [1.54, 1.807) is 27.3 Å². The first-order valence-corrected chi connectivity index (χ1v) is 9.70. The molecule has 1 aromatic rings. The molecule has 1 aromatic carbocycles. The Morgan fingerprint density at radius 3 is 2.71 bits per heavy atom. The van der Waals surface area contributed by atoms with Crippen LogP contribution in [0.4, 0.5) is 0 Å². The Morgan fingerprint density at radius 1 is 1.32 bits per heavy atom. The van der Waals surface area contributed by atoms with E-state index in [0.29, 0.717) is 19.0 Å². The van der Waals surface area contributed by atoms with Crippen LogP contribution in [0, 0.1) is 0 Å². The summed E-state index contributed by atoms with van der Waals surface area (Å²) in [5.41, 5.74) is 0.978. The molecule has 28 heavy (non-hydrogen) atoms. The highest BCUT2D eigenvalue weighted by Crippen LogP contribution is 2.30. The Morgan fingerprint density at radius 2 is 2.07 bits per heavy atom. The van der Waals surface area contributed by atoms with Gasteiger partial charge in [-0.05, 0) is 37.8 Å². The number of hydrogen-bond acceptors (Lipinski definition) is 4. The fourth-order valence-corrected chi connectivity index (χ4v) is 2.91. The summed E-state index contributed by atoms with van der Waals surface area (Å²) in [7, 11) is 5.10. The first-order chi connectivity index (χ1) is 13.5. The van der Waals surface area contributed by atoms with E-state index in [9.17, 15) is 4.79 Å². The van der Waals surface area contributed by atoms with Crippen molar-refractivity contribution >= 4 is 11.9 Å². The van der Waals surface area contributed by atoms with Crippen molar-refractivity contribution in [1.29, 1.82) is 0 Å². The molecule has 1 fully saturated rings. The lowest BCUT2D eigenvalue weighted by Gasteiger charge is -2.17. The zero-order valence-corrected chi connectivity index (χ0v) is 17.2. The molecule has 0 saturated heterocycles. The number of ether oxygens (including phenoxy) is 2. The first kappa shape index (κ1) is 21.6. The quantitative estimate of drug-likeness (QED) is 0.386. The smallest absolute Gasteiger partial charge is 0.241 e. The minimum Gasteiger partial charge on any atom is -0.497 e. The second-order valence-electron chi connectivity index (χ2n) is 6.97. The summed E-state index contributed by atoms with van der Waals surface area (Å²) >= 11 is 0. The second kappa shape index (κ2) is 11.2. The third-order valence-electron chi connectivity index (χ3n) is 4.60. The van der Waals surface area contributed by atoms with E-state index < -0.39 is 0 Å². The third kappa shape index (κ3) is 6.79. The van der Waals surface area contributed by atoms with Crippen molar-refractivity contribution < 1.29 is 14.3 Å². The molecule has 0 radical (unpaired) electrons. The number of aliphatic imine (C=N–C) groups is 1. The summed E-state index contributed by atoms with van der Waals surface area (Å²) in [6.45, 7) is 4.86. The fraction of sp³-hybridized carbons (Fsp3) is 0.524. The van der Waals surface area contributed by atoms with Crippen molar-refractivity contribution in [3.05, 3.63) is 36.4 Å². The Hall–Kier alpha value is -2.70. The minimum atomic E-state index is -0.0252. The van der Waals surface area contributed by atoms with Gasteiger partial charge in [-0.1, -0.05) is 6.08 Å². The van der Waals surface area contributed by atoms with E-state index in [1.807, 2.05) is 18.2 Å². The molecule has 0 spiro atoms. The van der Waals surface area contributed by atoms with Crippen LogP contribution >= 0.6 is 0 Å². The molecule has 7 heteroatoms. The number of hydrogen-bond donors (Lipinski definition) is 2. The number of nitrogens with one attached hydrogen (secondary N) is 2. The van der Waals surface area contributed by atoms with Crippen LogP contribution in [0.1, 0.15) is 31.2 Å². The summed E-state index contributed by atoms with van der Waals surface area (Å²) in [6.07, 6.45) is 6.58. The zero-order valence-electron chi connectivity index (χ0n) is 17.2. The number of benzene rings is 1. The summed E-state index contributed by atoms with van der Waals surface area (Å²) in [5, 5.41) is 6.19. The maximum absolute atomic E-state index is 11.8. The number of carbonyl (C=O) groups excluding carboxylic acids is 1. The zero-order chi connectivity index (χ0) is 20.4. The molecule has 0 atom stereocenters. The molecule has 1 aliphatic carbocycles. The summed E-state index contributed by atoms with van der Waals surface area (Å²) < 4.78 is 11.6. The molecule has 1 amide bonds. The lowest BCUT2D eigenvalue weighted by Crippen LogP contribution is -2.43. The lowest BCUT2D eigenvalue weighted by atomic mass is 10.2. The summed E-state index contributed by atoms with van der Waals surface area (Å²) in [4.78, 5) is 18.0. The van der Waals surface area contributed by atoms with Gasteiger partial charge in [-0.15, -0.1) is 6.58 Å². The van der Waals surface area contributed by atoms with Crippen LogP contribution in [-0.2, 0) is 11.3 Å². The Balaban J connectivity index is 2.11. The number of guanidine groups is 1. The van der Waals surface area contributed by atoms with E-state index >= 15 is 0 Å². The van der Waals surface area contributed by atoms with Gasteiger partial charge in [0.15, 0.2) is 5.96 Å². The molecule has 1 saturated carbocycles. The van der Waals surface area contributed by atoms with Crippen molar-refractivity contribution in [2.24, 2.45) is 4.99 Å². The van der Waals surface area contributed by atoms with Crippen LogP contribution < -0.4 is 20.1 Å². The topological polar surface area (TPSA) is 75.2 Å². The molecular weight excluding hydrogens is 356 g/mol. The van der Waals surface area contributed by atoms with Crippen molar-refractivity contribution in [2.75, 3.05) is 34.3 Å². The monoisotopic (exact) mass is 388 g/mol. The SMILES string of the molecule is C=CCNC(=NCc1ccc(OC)cc1OC1CCCC1)NCC(=O)N(C)C. The minimum absolute atomic E-state index is 0.0252. The number of amides is 1. The highest BCUT2D eigenvalue weighted by molar-refractivity contribution is 5.86. The van der Waals surface area contributed by atoms with E-state index in [0.717, 1.165) is 29.9 Å². The Bertz CT molecular complexity index is 682. The van der Waals surface area contributed by atoms with Crippen molar-refractivity contribution in [2.45, 2.75) is 38.3 Å². The van der Waals surface area contributed by atoms with Crippen LogP contribution in [-0.4, -0.2) is 57.2 Å². The fourth-order valence-electron chi connectivity index (χ4n) is 2.91. The molecule has 0 aromatic heterocycles. The van der Waals surface area contributed by atoms with E-state index in [-0.39, 0.29) is 18.6 Å². The lowest BCUT2D eigenvalue weighted by molar-refractivity contribution is -0.127. The number of rotatable bonds is 9. The van der Waals surface area contributed by atoms with Crippen LogP contribution in [0.3, 0.4) is 0 Å². The molecule has 2 rings (SSSR count). The van der Waals surface area contributed by atoms with Gasteiger partial charge in [-0.3, -0.25) is 4.79 Å². The van der Waals surface area contributed by atoms with Crippen LogP contribution in [0.5, 0.6) is 11.5 Å². The van der Waals surface area contributed by atoms with Crippen molar-refractivity contribution in [3.63, 3.8) is 0 Å². The first-order valence-electron chi connectivity index (χ1n) is 9.70. The van der Waals surface area contributed by atoms with E-state index in [1.165, 1.54) is 17.7 Å². The molecule has 0 bridgehead atoms. The van der Waals surface area contributed by atoms with Gasteiger partial charge in [-0.2, -0.15) is 0 Å². The molecule has 1 aliphatic rings. The summed E-state index contributed by atoms with van der Waals surface area (Å²) in [6, 6.07) is 5.80. The highest BCUT2D eigenvalue weighted by Gasteiger charge is 2.18. The van der Waals surface area contributed by atoms with Crippen LogP contribution in [0.15, 0.2) is 35.8 Å². The van der Waals surface area contributed by atoms with E-state index in [2.05, 4.69) is 22.2 Å². The van der Waals surface area contributed by atoms with Gasteiger partial charge < -0.3 is 25.0 Å². The van der Waals surface area contributed by atoms with Crippen LogP contribution in [0.25, 0.3) is 0 Å². The number of nitrogens with zero attached hydrogens (tertiary/aromatic N) is 2. The standard InChI is InChI=1S/C21H32N4O3/c1-5-12-22-21(24-15-20(26)25(2)3)23-14-16-10-11-18(27-4)13-19(16)28-17-8-6-7-9-17/h5,10-11,13,17H,1,6-9,12,14-15H2,2-4H3,(H2,22,23,24). The number of methoxy groups -OCH3 is 1. The molecule has 7 nitrogen and oxygen atoms in total. The number of likely N-dealkylation sites (N-methyl/N-ethyl adjacent to an activating group) is 1. The average molecular weight is 389 g/mol. The van der Waals surface area contributed by atoms with Gasteiger partial charge in [0, 0.05) is 32.3 Å².